The van der Waals surface area contributed by atoms with Crippen molar-refractivity contribution < 1.29 is 32.6 Å². The molecule has 0 spiro atoms. The first kappa shape index (κ1) is 19.0. The van der Waals surface area contributed by atoms with Crippen LogP contribution in [0.5, 0.6) is 5.75 Å². The zero-order valence-electron chi connectivity index (χ0n) is 14.3. The average molecular weight is 393 g/mol. The lowest BCUT2D eigenvalue weighted by atomic mass is 10.0. The van der Waals surface area contributed by atoms with Gasteiger partial charge < -0.3 is 9.26 Å². The molecule has 9 nitrogen and oxygen atoms in total. The van der Waals surface area contributed by atoms with Gasteiger partial charge in [-0.15, -0.1) is 0 Å². The molecule has 1 aliphatic rings. The first-order valence-electron chi connectivity index (χ1n) is 7.95. The van der Waals surface area contributed by atoms with Crippen LogP contribution >= 0.6 is 7.82 Å². The van der Waals surface area contributed by atoms with E-state index in [2.05, 4.69) is 0 Å². The highest BCUT2D eigenvalue weighted by molar-refractivity contribution is 7.49. The van der Waals surface area contributed by atoms with Crippen molar-refractivity contribution >= 4 is 19.5 Å². The van der Waals surface area contributed by atoms with Gasteiger partial charge in [0.1, 0.15) is 5.75 Å². The molecule has 0 unspecified atom stereocenters. The third-order valence-corrected chi connectivity index (χ3v) is 5.28. The fourth-order valence-electron chi connectivity index (χ4n) is 2.53. The molecule has 27 heavy (non-hydrogen) atoms. The van der Waals surface area contributed by atoms with E-state index >= 15 is 0 Å². The molecule has 2 aromatic rings. The quantitative estimate of drug-likeness (QED) is 0.323. The van der Waals surface area contributed by atoms with Gasteiger partial charge in [0.05, 0.1) is 30.3 Å². The van der Waals surface area contributed by atoms with Crippen LogP contribution in [-0.4, -0.2) is 24.6 Å². The Labute approximate surface area is 154 Å². The number of rotatable bonds is 5. The lowest BCUT2D eigenvalue weighted by Crippen LogP contribution is -2.17. The molecule has 2 atom stereocenters. The molecule has 142 valence electrons. The van der Waals surface area contributed by atoms with Crippen LogP contribution in [0.25, 0.3) is 0 Å². The molecular formula is C17H16NO8P. The van der Waals surface area contributed by atoms with E-state index in [4.69, 9.17) is 18.3 Å². The van der Waals surface area contributed by atoms with Crippen LogP contribution in [0.3, 0.4) is 0 Å². The number of ether oxygens (including phenoxy) is 1. The maximum absolute atomic E-state index is 12.8. The first-order chi connectivity index (χ1) is 12.9. The Hall–Kier alpha value is -2.74. The largest absolute Gasteiger partial charge is 0.530 e. The smallest absolute Gasteiger partial charge is 0.465 e. The second-order valence-corrected chi connectivity index (χ2v) is 7.17. The van der Waals surface area contributed by atoms with Gasteiger partial charge in [-0.3, -0.25) is 19.2 Å². The standard InChI is InChI=1S/C17H16NO8P/c1-23-17(19)13-4-2-3-12(11-13)16-9-10-24-27(22,26-16)25-15-7-5-14(6-8-15)18(20)21/h2-8,11,16H,9-10H2,1H3/t16-,27-/m0/s1. The van der Waals surface area contributed by atoms with Gasteiger partial charge in [-0.2, -0.15) is 0 Å². The van der Waals surface area contributed by atoms with Crippen molar-refractivity contribution in [3.05, 3.63) is 69.8 Å². The van der Waals surface area contributed by atoms with E-state index in [9.17, 15) is 19.5 Å². The van der Waals surface area contributed by atoms with Gasteiger partial charge in [0.15, 0.2) is 0 Å². The number of nitrogens with zero attached hydrogens (tertiary/aromatic N) is 1. The molecule has 1 aliphatic heterocycles. The van der Waals surface area contributed by atoms with Crippen molar-refractivity contribution in [1.29, 1.82) is 0 Å². The fraction of sp³-hybridized carbons (Fsp3) is 0.235. The zero-order valence-corrected chi connectivity index (χ0v) is 15.2. The van der Waals surface area contributed by atoms with E-state index in [1.54, 1.807) is 24.3 Å². The molecule has 1 heterocycles. The van der Waals surface area contributed by atoms with Crippen molar-refractivity contribution in [3.8, 4) is 5.75 Å². The monoisotopic (exact) mass is 393 g/mol. The van der Waals surface area contributed by atoms with Crippen LogP contribution in [0.2, 0.25) is 0 Å². The Balaban J connectivity index is 1.75. The topological polar surface area (TPSA) is 114 Å². The molecule has 0 amide bonds. The summed E-state index contributed by atoms with van der Waals surface area (Å²) in [4.78, 5) is 21.8. The molecule has 0 N–H and O–H groups in total. The molecule has 0 aromatic heterocycles. The van der Waals surface area contributed by atoms with E-state index in [1.807, 2.05) is 0 Å². The minimum absolute atomic E-state index is 0.118. The molecule has 3 rings (SSSR count). The number of esters is 1. The second-order valence-electron chi connectivity index (χ2n) is 5.62. The Morgan fingerprint density at radius 1 is 1.26 bits per heavy atom. The van der Waals surface area contributed by atoms with Gasteiger partial charge in [-0.05, 0) is 29.8 Å². The summed E-state index contributed by atoms with van der Waals surface area (Å²) in [6.07, 6.45) is -0.189. The summed E-state index contributed by atoms with van der Waals surface area (Å²) in [6, 6.07) is 11.7. The van der Waals surface area contributed by atoms with Gasteiger partial charge in [0, 0.05) is 18.6 Å². The number of carbonyl (C=O) groups excluding carboxylic acids is 1. The number of hydrogen-bond acceptors (Lipinski definition) is 8. The molecular weight excluding hydrogens is 377 g/mol. The van der Waals surface area contributed by atoms with Crippen molar-refractivity contribution in [2.24, 2.45) is 0 Å². The highest BCUT2D eigenvalue weighted by atomic mass is 31.2. The summed E-state index contributed by atoms with van der Waals surface area (Å²) < 4.78 is 33.5. The van der Waals surface area contributed by atoms with E-state index in [0.29, 0.717) is 17.5 Å². The maximum Gasteiger partial charge on any atom is 0.530 e. The van der Waals surface area contributed by atoms with E-state index < -0.39 is 24.8 Å². The van der Waals surface area contributed by atoms with Crippen molar-refractivity contribution in [2.45, 2.75) is 12.5 Å². The molecule has 1 saturated heterocycles. The highest BCUT2D eigenvalue weighted by Crippen LogP contribution is 2.56. The average Bonchev–Trinajstić information content (AvgIpc) is 2.67. The minimum Gasteiger partial charge on any atom is -0.465 e. The summed E-state index contributed by atoms with van der Waals surface area (Å²) >= 11 is 0. The van der Waals surface area contributed by atoms with Crippen LogP contribution in [-0.2, 0) is 18.3 Å². The van der Waals surface area contributed by atoms with Crippen LogP contribution in [0, 0.1) is 10.1 Å². The predicted octanol–water partition coefficient (Wildman–Crippen LogP) is 4.05. The number of nitro benzene ring substituents is 1. The number of phosphoric ester groups is 1. The number of nitro groups is 1. The minimum atomic E-state index is -3.93. The van der Waals surface area contributed by atoms with Gasteiger partial charge >= 0.3 is 13.8 Å². The number of carbonyl (C=O) groups is 1. The summed E-state index contributed by atoms with van der Waals surface area (Å²) in [6.45, 7) is 0.122. The van der Waals surface area contributed by atoms with Crippen LogP contribution in [0.4, 0.5) is 5.69 Å². The molecule has 0 saturated carbocycles. The molecule has 1 fully saturated rings. The third kappa shape index (κ3) is 4.51. The lowest BCUT2D eigenvalue weighted by Gasteiger charge is -2.29. The number of non-ortho nitro benzene ring substituents is 1. The summed E-state index contributed by atoms with van der Waals surface area (Å²) in [5.41, 5.74) is 0.855. The van der Waals surface area contributed by atoms with Crippen LogP contribution in [0.1, 0.15) is 28.4 Å². The number of phosphoric acid groups is 1. The summed E-state index contributed by atoms with van der Waals surface area (Å²) in [5.74, 6) is -0.373. The van der Waals surface area contributed by atoms with Crippen molar-refractivity contribution in [1.82, 2.24) is 0 Å². The summed E-state index contributed by atoms with van der Waals surface area (Å²) in [5, 5.41) is 10.7. The number of benzene rings is 2. The molecule has 10 heteroatoms. The van der Waals surface area contributed by atoms with Gasteiger partial charge in [0.2, 0.25) is 0 Å². The Bertz CT molecular complexity index is 898. The lowest BCUT2D eigenvalue weighted by molar-refractivity contribution is -0.384. The Morgan fingerprint density at radius 2 is 2.00 bits per heavy atom. The highest BCUT2D eigenvalue weighted by Gasteiger charge is 2.37. The Morgan fingerprint density at radius 3 is 2.67 bits per heavy atom. The Kier molecular flexibility index (Phi) is 5.55. The molecule has 0 aliphatic carbocycles. The molecule has 0 radical (unpaired) electrons. The first-order valence-corrected chi connectivity index (χ1v) is 9.41. The van der Waals surface area contributed by atoms with Crippen LogP contribution in [0.15, 0.2) is 48.5 Å². The van der Waals surface area contributed by atoms with Gasteiger partial charge in [0.25, 0.3) is 5.69 Å². The normalized spacial score (nSPS) is 22.0. The van der Waals surface area contributed by atoms with Gasteiger partial charge in [-0.25, -0.2) is 9.36 Å². The maximum atomic E-state index is 12.8. The zero-order chi connectivity index (χ0) is 19.4. The van der Waals surface area contributed by atoms with E-state index in [1.165, 1.54) is 31.4 Å². The third-order valence-electron chi connectivity index (χ3n) is 3.83. The SMILES string of the molecule is COC(=O)c1cccc([C@@H]2CCO[P@@](=O)(Oc3ccc([N+](=O)[O-])cc3)O2)c1. The van der Waals surface area contributed by atoms with Gasteiger partial charge in [-0.1, -0.05) is 12.1 Å². The van der Waals surface area contributed by atoms with Crippen molar-refractivity contribution in [2.75, 3.05) is 13.7 Å². The summed E-state index contributed by atoms with van der Waals surface area (Å²) in [7, 11) is -2.64. The van der Waals surface area contributed by atoms with Crippen LogP contribution < -0.4 is 4.52 Å². The fourth-order valence-corrected chi connectivity index (χ4v) is 3.93. The van der Waals surface area contributed by atoms with Crippen molar-refractivity contribution in [3.63, 3.8) is 0 Å². The van der Waals surface area contributed by atoms with E-state index in [0.717, 1.165) is 0 Å². The number of hydrogen-bond donors (Lipinski definition) is 0. The predicted molar refractivity (Wildman–Crippen MR) is 93.5 cm³/mol. The molecule has 2 aromatic carbocycles. The van der Waals surface area contributed by atoms with E-state index in [-0.39, 0.29) is 18.0 Å². The second kappa shape index (κ2) is 7.87. The molecule has 0 bridgehead atoms. The number of methoxy groups -OCH3 is 1.